The third kappa shape index (κ3) is 8.45. The second-order valence-electron chi connectivity index (χ2n) is 6.64. The van der Waals surface area contributed by atoms with E-state index in [1.54, 1.807) is 67.6 Å². The van der Waals surface area contributed by atoms with Gasteiger partial charge in [0.05, 0.1) is 36.7 Å². The van der Waals surface area contributed by atoms with E-state index in [4.69, 9.17) is 13.7 Å². The maximum absolute atomic E-state index is 12.2. The van der Waals surface area contributed by atoms with Crippen LogP contribution in [0.15, 0.2) is 60.7 Å². The van der Waals surface area contributed by atoms with E-state index >= 15 is 0 Å². The van der Waals surface area contributed by atoms with Crippen molar-refractivity contribution in [1.29, 1.82) is 0 Å². The van der Waals surface area contributed by atoms with Crippen LogP contribution in [0.2, 0.25) is 0 Å². The monoisotopic (exact) mass is 420 g/mol. The zero-order valence-electron chi connectivity index (χ0n) is 16.3. The predicted octanol–water partition coefficient (Wildman–Crippen LogP) is 3.07. The lowest BCUT2D eigenvalue weighted by Crippen LogP contribution is -2.26. The van der Waals surface area contributed by atoms with Gasteiger partial charge >= 0.3 is 11.9 Å². The molecule has 2 atom stereocenters. The Hall–Kier alpha value is -2.71. The van der Waals surface area contributed by atoms with Gasteiger partial charge in [0.1, 0.15) is 0 Å². The topological polar surface area (TPSA) is 96.0 Å². The molecule has 0 radical (unpaired) electrons. The molecule has 29 heavy (non-hydrogen) atoms. The fourth-order valence-electron chi connectivity index (χ4n) is 2.60. The first kappa shape index (κ1) is 22.6. The van der Waals surface area contributed by atoms with E-state index in [-0.39, 0.29) is 19.6 Å². The number of carbonyl (C=O) groups is 2. The van der Waals surface area contributed by atoms with Crippen molar-refractivity contribution < 1.29 is 31.7 Å². The normalized spacial score (nSPS) is 13.3. The molecule has 0 N–H and O–H groups in total. The average Bonchev–Trinajstić information content (AvgIpc) is 2.70. The van der Waals surface area contributed by atoms with E-state index in [1.807, 2.05) is 0 Å². The SMILES string of the molecule is CC(CC(COC(=O)c1ccccc1)COS(C)(=O)=O)OC(=O)c1ccccc1. The molecule has 2 aromatic carbocycles. The molecule has 0 heterocycles. The van der Waals surface area contributed by atoms with Crippen molar-refractivity contribution >= 4 is 22.1 Å². The molecule has 0 saturated heterocycles. The summed E-state index contributed by atoms with van der Waals surface area (Å²) in [4.78, 5) is 24.3. The molecule has 2 unspecified atom stereocenters. The lowest BCUT2D eigenvalue weighted by molar-refractivity contribution is 0.0152. The van der Waals surface area contributed by atoms with Gasteiger partial charge in [-0.05, 0) is 37.6 Å². The molecule has 0 saturated carbocycles. The zero-order chi connectivity index (χ0) is 21.3. The minimum absolute atomic E-state index is 0.0729. The summed E-state index contributed by atoms with van der Waals surface area (Å²) >= 11 is 0. The molecule has 7 nitrogen and oxygen atoms in total. The second-order valence-corrected chi connectivity index (χ2v) is 8.28. The standard InChI is InChI=1S/C21H24O7S/c1-16(28-21(23)19-11-7-4-8-12-19)13-17(15-27-29(2,24)25)14-26-20(22)18-9-5-3-6-10-18/h3-12,16-17H,13-15H2,1-2H3. The Kier molecular flexibility index (Phi) is 8.35. The van der Waals surface area contributed by atoms with Crippen LogP contribution in [0.1, 0.15) is 34.1 Å². The summed E-state index contributed by atoms with van der Waals surface area (Å²) in [6, 6.07) is 17.0. The van der Waals surface area contributed by atoms with Crippen molar-refractivity contribution in [3.05, 3.63) is 71.8 Å². The average molecular weight is 420 g/mol. The molecule has 0 amide bonds. The molecule has 8 heteroatoms. The Morgan fingerprint density at radius 2 is 1.38 bits per heavy atom. The van der Waals surface area contributed by atoms with Gasteiger partial charge in [0.25, 0.3) is 10.1 Å². The van der Waals surface area contributed by atoms with Gasteiger partial charge in [-0.25, -0.2) is 9.59 Å². The maximum Gasteiger partial charge on any atom is 0.338 e. The third-order valence-corrected chi connectivity index (χ3v) is 4.52. The molecule has 0 aliphatic heterocycles. The Morgan fingerprint density at radius 3 is 1.90 bits per heavy atom. The van der Waals surface area contributed by atoms with Crippen LogP contribution in [0, 0.1) is 5.92 Å². The van der Waals surface area contributed by atoms with Crippen LogP contribution in [-0.4, -0.2) is 45.9 Å². The highest BCUT2D eigenvalue weighted by atomic mass is 32.2. The summed E-state index contributed by atoms with van der Waals surface area (Å²) in [6.07, 6.45) is 0.668. The van der Waals surface area contributed by atoms with Crippen molar-refractivity contribution in [3.63, 3.8) is 0 Å². The zero-order valence-corrected chi connectivity index (χ0v) is 17.1. The number of hydrogen-bond acceptors (Lipinski definition) is 7. The smallest absolute Gasteiger partial charge is 0.338 e. The molecule has 0 aliphatic rings. The molecule has 2 aromatic rings. The van der Waals surface area contributed by atoms with Gasteiger partial charge in [-0.15, -0.1) is 0 Å². The minimum Gasteiger partial charge on any atom is -0.462 e. The van der Waals surface area contributed by atoms with Crippen molar-refractivity contribution in [2.24, 2.45) is 5.92 Å². The van der Waals surface area contributed by atoms with E-state index in [0.29, 0.717) is 11.1 Å². The number of hydrogen-bond donors (Lipinski definition) is 0. The molecule has 0 aliphatic carbocycles. The van der Waals surface area contributed by atoms with E-state index in [1.165, 1.54) is 0 Å². The minimum atomic E-state index is -3.66. The van der Waals surface area contributed by atoms with Gasteiger partial charge in [0, 0.05) is 5.92 Å². The van der Waals surface area contributed by atoms with Gasteiger partial charge < -0.3 is 9.47 Å². The molecule has 0 bridgehead atoms. The summed E-state index contributed by atoms with van der Waals surface area (Å²) in [5, 5.41) is 0. The van der Waals surface area contributed by atoms with Crippen molar-refractivity contribution in [2.75, 3.05) is 19.5 Å². The summed E-state index contributed by atoms with van der Waals surface area (Å²) < 4.78 is 38.2. The molecule has 2 rings (SSSR count). The lowest BCUT2D eigenvalue weighted by Gasteiger charge is -2.21. The van der Waals surface area contributed by atoms with E-state index in [2.05, 4.69) is 0 Å². The van der Waals surface area contributed by atoms with Crippen LogP contribution >= 0.6 is 0 Å². The Balaban J connectivity index is 1.95. The van der Waals surface area contributed by atoms with Crippen LogP contribution in [0.5, 0.6) is 0 Å². The molecule has 0 fully saturated rings. The largest absolute Gasteiger partial charge is 0.462 e. The van der Waals surface area contributed by atoms with Crippen LogP contribution in [0.4, 0.5) is 0 Å². The Bertz CT molecular complexity index is 895. The van der Waals surface area contributed by atoms with Gasteiger partial charge in [0.15, 0.2) is 0 Å². The number of carbonyl (C=O) groups excluding carboxylic acids is 2. The van der Waals surface area contributed by atoms with Crippen LogP contribution in [0.3, 0.4) is 0 Å². The fourth-order valence-corrected chi connectivity index (χ4v) is 3.04. The molecule has 0 spiro atoms. The Labute approximate surface area is 170 Å². The van der Waals surface area contributed by atoms with Gasteiger partial charge in [0.2, 0.25) is 0 Å². The van der Waals surface area contributed by atoms with Gasteiger partial charge in [-0.2, -0.15) is 8.42 Å². The predicted molar refractivity (Wildman–Crippen MR) is 107 cm³/mol. The van der Waals surface area contributed by atoms with Crippen LogP contribution < -0.4 is 0 Å². The van der Waals surface area contributed by atoms with Crippen molar-refractivity contribution in [1.82, 2.24) is 0 Å². The van der Waals surface area contributed by atoms with Gasteiger partial charge in [-0.1, -0.05) is 36.4 Å². The number of ether oxygens (including phenoxy) is 2. The highest BCUT2D eigenvalue weighted by Crippen LogP contribution is 2.15. The first-order valence-electron chi connectivity index (χ1n) is 9.07. The fraction of sp³-hybridized carbons (Fsp3) is 0.333. The molecule has 0 aromatic heterocycles. The van der Waals surface area contributed by atoms with E-state index in [9.17, 15) is 18.0 Å². The second kappa shape index (κ2) is 10.7. The van der Waals surface area contributed by atoms with Crippen molar-refractivity contribution in [2.45, 2.75) is 19.4 Å². The molecular formula is C21H24O7S. The quantitative estimate of drug-likeness (QED) is 0.430. The first-order chi connectivity index (χ1) is 13.7. The number of benzene rings is 2. The van der Waals surface area contributed by atoms with E-state index < -0.39 is 34.1 Å². The molecule has 156 valence electrons. The lowest BCUT2D eigenvalue weighted by atomic mass is 10.0. The highest BCUT2D eigenvalue weighted by Gasteiger charge is 2.21. The summed E-state index contributed by atoms with van der Waals surface area (Å²) in [5.41, 5.74) is 0.803. The summed E-state index contributed by atoms with van der Waals surface area (Å²) in [6.45, 7) is 1.43. The van der Waals surface area contributed by atoms with Crippen molar-refractivity contribution in [3.8, 4) is 0 Å². The maximum atomic E-state index is 12.2. The first-order valence-corrected chi connectivity index (χ1v) is 10.9. The third-order valence-electron chi connectivity index (χ3n) is 3.96. The number of rotatable bonds is 10. The number of esters is 2. The van der Waals surface area contributed by atoms with Crippen LogP contribution in [-0.2, 0) is 23.8 Å². The highest BCUT2D eigenvalue weighted by molar-refractivity contribution is 7.85. The summed E-state index contributed by atoms with van der Waals surface area (Å²) in [7, 11) is -3.66. The van der Waals surface area contributed by atoms with E-state index in [0.717, 1.165) is 6.26 Å². The molecular weight excluding hydrogens is 396 g/mol. The van der Waals surface area contributed by atoms with Gasteiger partial charge in [-0.3, -0.25) is 4.18 Å². The Morgan fingerprint density at radius 1 is 0.862 bits per heavy atom. The van der Waals surface area contributed by atoms with Crippen LogP contribution in [0.25, 0.3) is 0 Å². The summed E-state index contributed by atoms with van der Waals surface area (Å²) in [5.74, 6) is -1.48.